The van der Waals surface area contributed by atoms with E-state index in [2.05, 4.69) is 4.98 Å². The lowest BCUT2D eigenvalue weighted by molar-refractivity contribution is 0.0974. The summed E-state index contributed by atoms with van der Waals surface area (Å²) in [4.78, 5) is 3.91. The summed E-state index contributed by atoms with van der Waals surface area (Å²) in [6.45, 7) is 0.566. The van der Waals surface area contributed by atoms with Crippen LogP contribution >= 0.6 is 0 Å². The van der Waals surface area contributed by atoms with Crippen molar-refractivity contribution < 1.29 is 5.11 Å². The predicted octanol–water partition coefficient (Wildman–Crippen LogP) is 0.854. The van der Waals surface area contributed by atoms with Gasteiger partial charge >= 0.3 is 0 Å². The van der Waals surface area contributed by atoms with Crippen molar-refractivity contribution in [3.05, 3.63) is 30.1 Å². The van der Waals surface area contributed by atoms with Crippen molar-refractivity contribution in [1.29, 1.82) is 0 Å². The Balaban J connectivity index is 2.18. The summed E-state index contributed by atoms with van der Waals surface area (Å²) in [5.74, 6) is 0. The second-order valence-electron chi connectivity index (χ2n) is 3.75. The number of pyridine rings is 1. The van der Waals surface area contributed by atoms with Gasteiger partial charge in [-0.1, -0.05) is 0 Å². The summed E-state index contributed by atoms with van der Waals surface area (Å²) in [5.41, 5.74) is 6.52. The summed E-state index contributed by atoms with van der Waals surface area (Å²) in [5, 5.41) is 10.0. The molecule has 0 aliphatic heterocycles. The van der Waals surface area contributed by atoms with Gasteiger partial charge in [-0.2, -0.15) is 0 Å². The monoisotopic (exact) mass is 178 g/mol. The van der Waals surface area contributed by atoms with Gasteiger partial charge in [-0.25, -0.2) is 0 Å². The Kier molecular flexibility index (Phi) is 2.06. The van der Waals surface area contributed by atoms with Gasteiger partial charge in [0.25, 0.3) is 0 Å². The Morgan fingerprint density at radius 3 is 2.54 bits per heavy atom. The molecule has 13 heavy (non-hydrogen) atoms. The molecule has 3 nitrogen and oxygen atoms in total. The van der Waals surface area contributed by atoms with Crippen molar-refractivity contribution in [2.24, 2.45) is 11.1 Å². The molecule has 1 aliphatic rings. The highest BCUT2D eigenvalue weighted by atomic mass is 16.3. The lowest BCUT2D eigenvalue weighted by Crippen LogP contribution is -2.23. The van der Waals surface area contributed by atoms with E-state index in [1.165, 1.54) is 0 Å². The van der Waals surface area contributed by atoms with Crippen LogP contribution in [0.25, 0.3) is 0 Å². The molecule has 1 aromatic heterocycles. The van der Waals surface area contributed by atoms with Crippen LogP contribution < -0.4 is 5.73 Å². The number of nitrogens with two attached hydrogens (primary N) is 1. The van der Waals surface area contributed by atoms with Crippen LogP contribution in [0.15, 0.2) is 24.5 Å². The van der Waals surface area contributed by atoms with E-state index < -0.39 is 6.10 Å². The molecule has 1 unspecified atom stereocenters. The summed E-state index contributed by atoms with van der Waals surface area (Å²) in [7, 11) is 0. The van der Waals surface area contributed by atoms with Gasteiger partial charge < -0.3 is 10.8 Å². The third-order valence-electron chi connectivity index (χ3n) is 2.90. The molecule has 0 amide bonds. The van der Waals surface area contributed by atoms with Gasteiger partial charge in [-0.3, -0.25) is 4.98 Å². The minimum absolute atomic E-state index is 0.0403. The Morgan fingerprint density at radius 1 is 1.46 bits per heavy atom. The molecule has 1 aliphatic carbocycles. The molecular formula is C10H14N2O. The van der Waals surface area contributed by atoms with E-state index in [0.29, 0.717) is 6.54 Å². The molecule has 70 valence electrons. The molecule has 1 saturated carbocycles. The van der Waals surface area contributed by atoms with E-state index in [1.807, 2.05) is 12.1 Å². The van der Waals surface area contributed by atoms with Crippen molar-refractivity contribution in [2.75, 3.05) is 6.54 Å². The second kappa shape index (κ2) is 3.09. The molecular weight excluding hydrogens is 164 g/mol. The standard InChI is InChI=1S/C10H14N2O/c11-7-10(3-4-10)9(13)8-1-5-12-6-2-8/h1-2,5-6,9,13H,3-4,7,11H2. The van der Waals surface area contributed by atoms with Gasteiger partial charge in [0.15, 0.2) is 0 Å². The highest BCUT2D eigenvalue weighted by molar-refractivity contribution is 5.19. The smallest absolute Gasteiger partial charge is 0.0859 e. The number of aromatic nitrogens is 1. The lowest BCUT2D eigenvalue weighted by atomic mass is 9.94. The number of hydrogen-bond donors (Lipinski definition) is 2. The summed E-state index contributed by atoms with van der Waals surface area (Å²) >= 11 is 0. The average molecular weight is 178 g/mol. The Hall–Kier alpha value is -0.930. The van der Waals surface area contributed by atoms with Gasteiger partial charge in [0.2, 0.25) is 0 Å². The fourth-order valence-corrected chi connectivity index (χ4v) is 1.65. The second-order valence-corrected chi connectivity index (χ2v) is 3.75. The molecule has 1 fully saturated rings. The Morgan fingerprint density at radius 2 is 2.08 bits per heavy atom. The van der Waals surface area contributed by atoms with Crippen LogP contribution in [0, 0.1) is 5.41 Å². The molecule has 1 atom stereocenters. The molecule has 0 aromatic carbocycles. The number of nitrogens with zero attached hydrogens (tertiary/aromatic N) is 1. The zero-order chi connectivity index (χ0) is 9.31. The highest BCUT2D eigenvalue weighted by Crippen LogP contribution is 2.53. The molecule has 0 saturated heterocycles. The number of aliphatic hydroxyl groups is 1. The molecule has 1 aromatic rings. The fraction of sp³-hybridized carbons (Fsp3) is 0.500. The quantitative estimate of drug-likeness (QED) is 0.721. The zero-order valence-electron chi connectivity index (χ0n) is 7.48. The maximum atomic E-state index is 10.0. The van der Waals surface area contributed by atoms with Crippen LogP contribution in [-0.4, -0.2) is 16.6 Å². The van der Waals surface area contributed by atoms with Crippen LogP contribution in [0.5, 0.6) is 0 Å². The first-order valence-electron chi connectivity index (χ1n) is 4.56. The molecule has 0 spiro atoms. The van der Waals surface area contributed by atoms with E-state index in [1.54, 1.807) is 12.4 Å². The van der Waals surface area contributed by atoms with E-state index >= 15 is 0 Å². The highest BCUT2D eigenvalue weighted by Gasteiger charge is 2.48. The molecule has 0 bridgehead atoms. The molecule has 3 N–H and O–H groups in total. The van der Waals surface area contributed by atoms with Crippen molar-refractivity contribution in [1.82, 2.24) is 4.98 Å². The van der Waals surface area contributed by atoms with Crippen LogP contribution in [0.2, 0.25) is 0 Å². The zero-order valence-corrected chi connectivity index (χ0v) is 7.48. The topological polar surface area (TPSA) is 59.1 Å². The first kappa shape index (κ1) is 8.66. The van der Waals surface area contributed by atoms with E-state index in [9.17, 15) is 5.11 Å². The SMILES string of the molecule is NCC1(C(O)c2ccncc2)CC1. The summed E-state index contributed by atoms with van der Waals surface area (Å²) in [6.07, 6.45) is 5.05. The van der Waals surface area contributed by atoms with Crippen molar-refractivity contribution in [3.8, 4) is 0 Å². The van der Waals surface area contributed by atoms with Crippen molar-refractivity contribution >= 4 is 0 Å². The van der Waals surface area contributed by atoms with Gasteiger partial charge in [0.05, 0.1) is 6.10 Å². The molecule has 0 radical (unpaired) electrons. The van der Waals surface area contributed by atoms with Crippen LogP contribution in [0.4, 0.5) is 0 Å². The maximum Gasteiger partial charge on any atom is 0.0859 e. The fourth-order valence-electron chi connectivity index (χ4n) is 1.65. The predicted molar refractivity (Wildman–Crippen MR) is 49.9 cm³/mol. The largest absolute Gasteiger partial charge is 0.388 e. The van der Waals surface area contributed by atoms with Gasteiger partial charge in [-0.05, 0) is 30.5 Å². The molecule has 2 rings (SSSR count). The summed E-state index contributed by atoms with van der Waals surface area (Å²) < 4.78 is 0. The lowest BCUT2D eigenvalue weighted by Gasteiger charge is -2.20. The van der Waals surface area contributed by atoms with E-state index in [4.69, 9.17) is 5.73 Å². The molecule has 1 heterocycles. The van der Waals surface area contributed by atoms with Crippen LogP contribution in [-0.2, 0) is 0 Å². The minimum atomic E-state index is -0.416. The van der Waals surface area contributed by atoms with Crippen LogP contribution in [0.1, 0.15) is 24.5 Å². The normalized spacial score (nSPS) is 21.1. The van der Waals surface area contributed by atoms with Gasteiger partial charge in [0, 0.05) is 24.4 Å². The van der Waals surface area contributed by atoms with E-state index in [0.717, 1.165) is 18.4 Å². The first-order valence-corrected chi connectivity index (χ1v) is 4.56. The third kappa shape index (κ3) is 1.45. The van der Waals surface area contributed by atoms with Crippen LogP contribution in [0.3, 0.4) is 0 Å². The van der Waals surface area contributed by atoms with Crippen molar-refractivity contribution in [2.45, 2.75) is 18.9 Å². The van der Waals surface area contributed by atoms with Gasteiger partial charge in [0.1, 0.15) is 0 Å². The van der Waals surface area contributed by atoms with Gasteiger partial charge in [-0.15, -0.1) is 0 Å². The first-order chi connectivity index (χ1) is 6.28. The van der Waals surface area contributed by atoms with E-state index in [-0.39, 0.29) is 5.41 Å². The number of hydrogen-bond acceptors (Lipinski definition) is 3. The third-order valence-corrected chi connectivity index (χ3v) is 2.90. The average Bonchev–Trinajstić information content (AvgIpc) is 2.99. The van der Waals surface area contributed by atoms with Crippen molar-refractivity contribution in [3.63, 3.8) is 0 Å². The Labute approximate surface area is 77.6 Å². The maximum absolute atomic E-state index is 10.0. The molecule has 3 heteroatoms. The number of rotatable bonds is 3. The Bertz CT molecular complexity index is 282. The minimum Gasteiger partial charge on any atom is -0.388 e. The number of aliphatic hydroxyl groups excluding tert-OH is 1. The summed E-state index contributed by atoms with van der Waals surface area (Å²) in [6, 6.07) is 3.70.